The molecule has 1 aromatic heterocycles. The number of nitrogens with zero attached hydrogens (tertiary/aromatic N) is 2. The first-order valence-electron chi connectivity index (χ1n) is 8.06. The Labute approximate surface area is 148 Å². The van der Waals surface area contributed by atoms with Gasteiger partial charge in [-0.2, -0.15) is 0 Å². The van der Waals surface area contributed by atoms with Crippen LogP contribution in [0.2, 0.25) is 5.02 Å². The molecule has 0 amide bonds. The second-order valence-corrected chi connectivity index (χ2v) is 5.51. The first-order valence-corrected chi connectivity index (χ1v) is 8.44. The minimum Gasteiger partial charge on any atom is -0.478 e. The highest BCUT2D eigenvalue weighted by atomic mass is 35.5. The SMILES string of the molecule is CCNC(=NCc1ccc(Cl)cc1)NCc1cccnc1OCC. The Balaban J connectivity index is 2.00. The number of hydrogen-bond donors (Lipinski definition) is 2. The van der Waals surface area contributed by atoms with E-state index in [-0.39, 0.29) is 0 Å². The zero-order valence-corrected chi connectivity index (χ0v) is 14.8. The van der Waals surface area contributed by atoms with Gasteiger partial charge in [-0.1, -0.05) is 29.8 Å². The highest BCUT2D eigenvalue weighted by Gasteiger charge is 2.05. The molecule has 0 bridgehead atoms. The maximum Gasteiger partial charge on any atom is 0.218 e. The van der Waals surface area contributed by atoms with Gasteiger partial charge in [0, 0.05) is 29.9 Å². The van der Waals surface area contributed by atoms with Crippen LogP contribution in [-0.4, -0.2) is 24.1 Å². The first kappa shape index (κ1) is 18.1. The summed E-state index contributed by atoms with van der Waals surface area (Å²) >= 11 is 5.90. The van der Waals surface area contributed by atoms with Crippen LogP contribution in [0.25, 0.3) is 0 Å². The number of benzene rings is 1. The van der Waals surface area contributed by atoms with Gasteiger partial charge in [-0.05, 0) is 37.6 Å². The molecule has 0 saturated carbocycles. The van der Waals surface area contributed by atoms with Crippen LogP contribution in [0.3, 0.4) is 0 Å². The molecule has 1 aromatic carbocycles. The van der Waals surface area contributed by atoms with E-state index in [4.69, 9.17) is 16.3 Å². The van der Waals surface area contributed by atoms with Crippen LogP contribution in [-0.2, 0) is 13.1 Å². The van der Waals surface area contributed by atoms with Crippen LogP contribution < -0.4 is 15.4 Å². The van der Waals surface area contributed by atoms with Crippen molar-refractivity contribution in [2.45, 2.75) is 26.9 Å². The molecule has 5 nitrogen and oxygen atoms in total. The largest absolute Gasteiger partial charge is 0.478 e. The molecule has 0 saturated heterocycles. The van der Waals surface area contributed by atoms with E-state index < -0.39 is 0 Å². The summed E-state index contributed by atoms with van der Waals surface area (Å²) in [7, 11) is 0. The Kier molecular flexibility index (Phi) is 7.36. The summed E-state index contributed by atoms with van der Waals surface area (Å²) in [5.74, 6) is 1.40. The molecule has 0 atom stereocenters. The second kappa shape index (κ2) is 9.78. The lowest BCUT2D eigenvalue weighted by Gasteiger charge is -2.13. The fraction of sp³-hybridized carbons (Fsp3) is 0.333. The normalized spacial score (nSPS) is 11.2. The molecule has 2 N–H and O–H groups in total. The van der Waals surface area contributed by atoms with Crippen LogP contribution in [0.4, 0.5) is 0 Å². The number of halogens is 1. The van der Waals surface area contributed by atoms with Crippen LogP contribution in [0.15, 0.2) is 47.6 Å². The molecule has 2 rings (SSSR count). The third-order valence-corrected chi connectivity index (χ3v) is 3.51. The van der Waals surface area contributed by atoms with Gasteiger partial charge < -0.3 is 15.4 Å². The van der Waals surface area contributed by atoms with Crippen molar-refractivity contribution < 1.29 is 4.74 Å². The van der Waals surface area contributed by atoms with E-state index in [0.717, 1.165) is 28.7 Å². The summed E-state index contributed by atoms with van der Waals surface area (Å²) in [6.07, 6.45) is 1.73. The minimum absolute atomic E-state index is 0.581. The van der Waals surface area contributed by atoms with Crippen molar-refractivity contribution in [3.8, 4) is 5.88 Å². The molecular weight excluding hydrogens is 324 g/mol. The molecule has 0 aliphatic heterocycles. The number of ether oxygens (including phenoxy) is 1. The van der Waals surface area contributed by atoms with Gasteiger partial charge in [0.1, 0.15) is 0 Å². The number of nitrogens with one attached hydrogen (secondary N) is 2. The van der Waals surface area contributed by atoms with Gasteiger partial charge in [-0.25, -0.2) is 9.98 Å². The third kappa shape index (κ3) is 5.74. The van der Waals surface area contributed by atoms with Crippen molar-refractivity contribution in [3.05, 3.63) is 58.7 Å². The Bertz CT molecular complexity index is 658. The number of guanidine groups is 1. The van der Waals surface area contributed by atoms with Crippen molar-refractivity contribution >= 4 is 17.6 Å². The predicted molar refractivity (Wildman–Crippen MR) is 98.5 cm³/mol. The van der Waals surface area contributed by atoms with Crippen LogP contribution in [0, 0.1) is 0 Å². The lowest BCUT2D eigenvalue weighted by atomic mass is 10.2. The zero-order chi connectivity index (χ0) is 17.2. The summed E-state index contributed by atoms with van der Waals surface area (Å²) in [5, 5.41) is 7.28. The number of aliphatic imine (C=N–C) groups is 1. The first-order chi connectivity index (χ1) is 11.7. The monoisotopic (exact) mass is 346 g/mol. The molecule has 2 aromatic rings. The van der Waals surface area contributed by atoms with E-state index in [0.29, 0.717) is 25.6 Å². The fourth-order valence-electron chi connectivity index (χ4n) is 2.11. The second-order valence-electron chi connectivity index (χ2n) is 5.08. The average molecular weight is 347 g/mol. The van der Waals surface area contributed by atoms with Gasteiger partial charge in [0.2, 0.25) is 5.88 Å². The maximum atomic E-state index is 5.90. The van der Waals surface area contributed by atoms with Crippen LogP contribution in [0.5, 0.6) is 5.88 Å². The Morgan fingerprint density at radius 3 is 2.67 bits per heavy atom. The standard InChI is InChI=1S/C18H23ClN4O/c1-3-20-18(22-12-14-7-9-16(19)10-8-14)23-13-15-6-5-11-21-17(15)24-4-2/h5-11H,3-4,12-13H2,1-2H3,(H2,20,22,23). The summed E-state index contributed by atoms with van der Waals surface area (Å²) < 4.78 is 5.55. The molecule has 0 spiro atoms. The highest BCUT2D eigenvalue weighted by Crippen LogP contribution is 2.14. The van der Waals surface area contributed by atoms with Gasteiger partial charge in [0.15, 0.2) is 5.96 Å². The fourth-order valence-corrected chi connectivity index (χ4v) is 2.23. The Morgan fingerprint density at radius 2 is 1.96 bits per heavy atom. The Morgan fingerprint density at radius 1 is 1.17 bits per heavy atom. The van der Waals surface area contributed by atoms with Crippen LogP contribution in [0.1, 0.15) is 25.0 Å². The van der Waals surface area contributed by atoms with E-state index in [2.05, 4.69) is 20.6 Å². The van der Waals surface area contributed by atoms with Crippen molar-refractivity contribution in [2.24, 2.45) is 4.99 Å². The molecule has 24 heavy (non-hydrogen) atoms. The molecule has 0 fully saturated rings. The van der Waals surface area contributed by atoms with Gasteiger partial charge in [0.05, 0.1) is 13.2 Å². The minimum atomic E-state index is 0.581. The molecule has 128 valence electrons. The summed E-state index contributed by atoms with van der Waals surface area (Å²) in [6.45, 7) is 6.54. The smallest absolute Gasteiger partial charge is 0.218 e. The number of hydrogen-bond acceptors (Lipinski definition) is 3. The van der Waals surface area contributed by atoms with Gasteiger partial charge in [-0.15, -0.1) is 0 Å². The van der Waals surface area contributed by atoms with Crippen molar-refractivity contribution in [2.75, 3.05) is 13.2 Å². The number of aromatic nitrogens is 1. The van der Waals surface area contributed by atoms with Gasteiger partial charge in [0.25, 0.3) is 0 Å². The lowest BCUT2D eigenvalue weighted by Crippen LogP contribution is -2.36. The van der Waals surface area contributed by atoms with Gasteiger partial charge in [-0.3, -0.25) is 0 Å². The van der Waals surface area contributed by atoms with E-state index in [1.165, 1.54) is 0 Å². The highest BCUT2D eigenvalue weighted by molar-refractivity contribution is 6.30. The van der Waals surface area contributed by atoms with Gasteiger partial charge >= 0.3 is 0 Å². The van der Waals surface area contributed by atoms with Crippen LogP contribution >= 0.6 is 11.6 Å². The molecule has 1 heterocycles. The summed E-state index contributed by atoms with van der Waals surface area (Å²) in [4.78, 5) is 8.85. The van der Waals surface area contributed by atoms with E-state index in [1.54, 1.807) is 6.20 Å². The van der Waals surface area contributed by atoms with E-state index in [9.17, 15) is 0 Å². The van der Waals surface area contributed by atoms with Crippen molar-refractivity contribution in [1.82, 2.24) is 15.6 Å². The molecular formula is C18H23ClN4O. The molecule has 0 radical (unpaired) electrons. The van der Waals surface area contributed by atoms with E-state index >= 15 is 0 Å². The third-order valence-electron chi connectivity index (χ3n) is 3.25. The predicted octanol–water partition coefficient (Wildman–Crippen LogP) is 3.39. The number of pyridine rings is 1. The lowest BCUT2D eigenvalue weighted by molar-refractivity contribution is 0.322. The zero-order valence-electron chi connectivity index (χ0n) is 14.1. The molecule has 6 heteroatoms. The van der Waals surface area contributed by atoms with Crippen molar-refractivity contribution in [1.29, 1.82) is 0 Å². The average Bonchev–Trinajstić information content (AvgIpc) is 2.60. The molecule has 0 aliphatic rings. The quantitative estimate of drug-likeness (QED) is 0.596. The maximum absolute atomic E-state index is 5.90. The Hall–Kier alpha value is -2.27. The number of rotatable bonds is 7. The summed E-state index contributed by atoms with van der Waals surface area (Å²) in [5.41, 5.74) is 2.10. The van der Waals surface area contributed by atoms with E-state index in [1.807, 2.05) is 50.2 Å². The molecule has 0 unspecified atom stereocenters. The topological polar surface area (TPSA) is 58.5 Å². The van der Waals surface area contributed by atoms with Crippen molar-refractivity contribution in [3.63, 3.8) is 0 Å². The summed E-state index contributed by atoms with van der Waals surface area (Å²) in [6, 6.07) is 11.6. The molecule has 0 aliphatic carbocycles.